The van der Waals surface area contributed by atoms with E-state index in [1.54, 1.807) is 44.5 Å². The van der Waals surface area contributed by atoms with Crippen LogP contribution in [0.1, 0.15) is 21.6 Å². The molecular weight excluding hydrogens is 324 g/mol. The van der Waals surface area contributed by atoms with E-state index in [-0.39, 0.29) is 12.1 Å². The van der Waals surface area contributed by atoms with E-state index in [2.05, 4.69) is 5.16 Å². The van der Waals surface area contributed by atoms with E-state index in [9.17, 15) is 14.7 Å². The number of carboxylic acid groups (broad SMARTS) is 1. The molecule has 25 heavy (non-hydrogen) atoms. The van der Waals surface area contributed by atoms with E-state index >= 15 is 0 Å². The standard InChI is InChI=1S/C18H16N2O5/c1-11-7-8-20(17(21)16(11)18(22)23)10-13-9-15(25-19-13)12-3-5-14(24-2)6-4-12/h3-9H,10H2,1-2H3,(H,22,23). The summed E-state index contributed by atoms with van der Waals surface area (Å²) in [7, 11) is 1.59. The van der Waals surface area contributed by atoms with Crippen LogP contribution in [-0.4, -0.2) is 27.9 Å². The molecule has 0 bridgehead atoms. The minimum Gasteiger partial charge on any atom is -0.497 e. The number of carboxylic acids is 1. The third kappa shape index (κ3) is 3.30. The fraction of sp³-hybridized carbons (Fsp3) is 0.167. The maximum Gasteiger partial charge on any atom is 0.341 e. The average Bonchev–Trinajstić information content (AvgIpc) is 3.06. The molecule has 0 unspecified atom stereocenters. The fourth-order valence-corrected chi connectivity index (χ4v) is 2.50. The normalized spacial score (nSPS) is 10.6. The molecule has 0 spiro atoms. The second kappa shape index (κ2) is 6.64. The minimum atomic E-state index is -1.24. The zero-order valence-electron chi connectivity index (χ0n) is 13.7. The summed E-state index contributed by atoms with van der Waals surface area (Å²) in [5.74, 6) is 0.0445. The van der Waals surface area contributed by atoms with Crippen LogP contribution in [0.2, 0.25) is 0 Å². The van der Waals surface area contributed by atoms with Crippen LogP contribution in [0, 0.1) is 6.92 Å². The van der Waals surface area contributed by atoms with Crippen molar-refractivity contribution < 1.29 is 19.2 Å². The maximum absolute atomic E-state index is 12.3. The third-order valence-corrected chi connectivity index (χ3v) is 3.85. The van der Waals surface area contributed by atoms with E-state index in [1.807, 2.05) is 12.1 Å². The number of rotatable bonds is 5. The molecule has 0 aliphatic heterocycles. The van der Waals surface area contributed by atoms with E-state index < -0.39 is 11.5 Å². The second-order valence-corrected chi connectivity index (χ2v) is 5.52. The molecule has 0 radical (unpaired) electrons. The van der Waals surface area contributed by atoms with Crippen LogP contribution in [0.4, 0.5) is 0 Å². The van der Waals surface area contributed by atoms with Crippen molar-refractivity contribution in [1.29, 1.82) is 0 Å². The van der Waals surface area contributed by atoms with Crippen molar-refractivity contribution in [3.63, 3.8) is 0 Å². The van der Waals surface area contributed by atoms with Gasteiger partial charge in [0, 0.05) is 17.8 Å². The van der Waals surface area contributed by atoms with Gasteiger partial charge in [-0.05, 0) is 42.8 Å². The lowest BCUT2D eigenvalue weighted by Crippen LogP contribution is -2.27. The summed E-state index contributed by atoms with van der Waals surface area (Å²) < 4.78 is 11.7. The molecule has 3 aromatic rings. The predicted molar refractivity (Wildman–Crippen MR) is 90.0 cm³/mol. The highest BCUT2D eigenvalue weighted by Gasteiger charge is 2.15. The first-order chi connectivity index (χ1) is 12.0. The highest BCUT2D eigenvalue weighted by atomic mass is 16.5. The van der Waals surface area contributed by atoms with E-state index in [4.69, 9.17) is 9.26 Å². The van der Waals surface area contributed by atoms with Crippen molar-refractivity contribution in [3.8, 4) is 17.1 Å². The summed E-state index contributed by atoms with van der Waals surface area (Å²) in [4.78, 5) is 23.5. The Balaban J connectivity index is 1.88. The Morgan fingerprint density at radius 1 is 1.28 bits per heavy atom. The molecule has 0 atom stereocenters. The summed E-state index contributed by atoms with van der Waals surface area (Å²) in [5, 5.41) is 13.1. The molecule has 2 aromatic heterocycles. The Morgan fingerprint density at radius 3 is 2.64 bits per heavy atom. The van der Waals surface area contributed by atoms with Crippen molar-refractivity contribution in [2.24, 2.45) is 0 Å². The summed E-state index contributed by atoms with van der Waals surface area (Å²) in [6.07, 6.45) is 1.55. The quantitative estimate of drug-likeness (QED) is 0.767. The van der Waals surface area contributed by atoms with E-state index in [0.717, 1.165) is 11.3 Å². The Morgan fingerprint density at radius 2 is 2.00 bits per heavy atom. The van der Waals surface area contributed by atoms with E-state index in [0.29, 0.717) is 17.0 Å². The van der Waals surface area contributed by atoms with Crippen LogP contribution in [0.15, 0.2) is 51.9 Å². The lowest BCUT2D eigenvalue weighted by molar-refractivity contribution is 0.0693. The first-order valence-corrected chi connectivity index (χ1v) is 7.53. The summed E-state index contributed by atoms with van der Waals surface area (Å²) in [6.45, 7) is 1.71. The van der Waals surface area contributed by atoms with Gasteiger partial charge in [-0.25, -0.2) is 4.79 Å². The minimum absolute atomic E-state index is 0.124. The lowest BCUT2D eigenvalue weighted by atomic mass is 10.1. The highest BCUT2D eigenvalue weighted by molar-refractivity contribution is 5.88. The molecule has 128 valence electrons. The van der Waals surface area contributed by atoms with Crippen molar-refractivity contribution in [1.82, 2.24) is 9.72 Å². The number of aromatic nitrogens is 2. The highest BCUT2D eigenvalue weighted by Crippen LogP contribution is 2.23. The first-order valence-electron chi connectivity index (χ1n) is 7.53. The molecule has 1 N–H and O–H groups in total. The van der Waals surface area contributed by atoms with E-state index in [1.165, 1.54) is 4.57 Å². The maximum atomic E-state index is 12.3. The molecule has 1 aromatic carbocycles. The zero-order chi connectivity index (χ0) is 18.0. The van der Waals surface area contributed by atoms with Gasteiger partial charge in [0.05, 0.1) is 13.7 Å². The van der Waals surface area contributed by atoms with Gasteiger partial charge in [0.15, 0.2) is 5.76 Å². The van der Waals surface area contributed by atoms with Crippen molar-refractivity contribution >= 4 is 5.97 Å². The number of carbonyl (C=O) groups is 1. The Labute approximate surface area is 143 Å². The van der Waals surface area contributed by atoms with Crippen molar-refractivity contribution in [3.05, 3.63) is 69.8 Å². The largest absolute Gasteiger partial charge is 0.497 e. The number of hydrogen-bond acceptors (Lipinski definition) is 5. The molecular formula is C18H16N2O5. The smallest absolute Gasteiger partial charge is 0.341 e. The molecule has 0 aliphatic carbocycles. The van der Waals surface area contributed by atoms with Crippen LogP contribution in [0.25, 0.3) is 11.3 Å². The van der Waals surface area contributed by atoms with Gasteiger partial charge in [-0.15, -0.1) is 0 Å². The topological polar surface area (TPSA) is 94.6 Å². The van der Waals surface area contributed by atoms with Gasteiger partial charge >= 0.3 is 5.97 Å². The lowest BCUT2D eigenvalue weighted by Gasteiger charge is -2.06. The van der Waals surface area contributed by atoms with Gasteiger partial charge in [-0.1, -0.05) is 5.16 Å². The second-order valence-electron chi connectivity index (χ2n) is 5.52. The van der Waals surface area contributed by atoms with Crippen molar-refractivity contribution in [2.75, 3.05) is 7.11 Å². The van der Waals surface area contributed by atoms with Gasteiger partial charge in [0.2, 0.25) is 0 Å². The van der Waals surface area contributed by atoms with Crippen LogP contribution < -0.4 is 10.3 Å². The van der Waals surface area contributed by atoms with Gasteiger partial charge < -0.3 is 18.9 Å². The van der Waals surface area contributed by atoms with Gasteiger partial charge in [-0.3, -0.25) is 4.79 Å². The number of hydrogen-bond donors (Lipinski definition) is 1. The molecule has 0 amide bonds. The fourth-order valence-electron chi connectivity index (χ4n) is 2.50. The number of aromatic carboxylic acids is 1. The predicted octanol–water partition coefficient (Wildman–Crippen LogP) is 2.57. The molecule has 0 saturated carbocycles. The monoisotopic (exact) mass is 340 g/mol. The molecule has 7 nitrogen and oxygen atoms in total. The number of aryl methyl sites for hydroxylation is 1. The number of nitrogens with zero attached hydrogens (tertiary/aromatic N) is 2. The molecule has 3 rings (SSSR count). The molecule has 2 heterocycles. The van der Waals surface area contributed by atoms with Gasteiger partial charge in [-0.2, -0.15) is 0 Å². The van der Waals surface area contributed by atoms with Crippen LogP contribution in [0.3, 0.4) is 0 Å². The van der Waals surface area contributed by atoms with Gasteiger partial charge in [0.1, 0.15) is 17.0 Å². The Bertz CT molecular complexity index is 970. The molecule has 0 fully saturated rings. The van der Waals surface area contributed by atoms with Gasteiger partial charge in [0.25, 0.3) is 5.56 Å². The molecule has 7 heteroatoms. The summed E-state index contributed by atoms with van der Waals surface area (Å²) in [6, 6.07) is 10.6. The average molecular weight is 340 g/mol. The third-order valence-electron chi connectivity index (χ3n) is 3.85. The SMILES string of the molecule is COc1ccc(-c2cc(Cn3ccc(C)c(C(=O)O)c3=O)no2)cc1. The Kier molecular flexibility index (Phi) is 4.38. The number of pyridine rings is 1. The molecule has 0 aliphatic rings. The summed E-state index contributed by atoms with van der Waals surface area (Å²) >= 11 is 0. The van der Waals surface area contributed by atoms with Crippen LogP contribution >= 0.6 is 0 Å². The number of methoxy groups -OCH3 is 1. The number of benzene rings is 1. The Hall–Kier alpha value is -3.35. The first kappa shape index (κ1) is 16.5. The van der Waals surface area contributed by atoms with Crippen LogP contribution in [0.5, 0.6) is 5.75 Å². The van der Waals surface area contributed by atoms with Crippen molar-refractivity contribution in [2.45, 2.75) is 13.5 Å². The zero-order valence-corrected chi connectivity index (χ0v) is 13.7. The number of ether oxygens (including phenoxy) is 1. The summed E-state index contributed by atoms with van der Waals surface area (Å²) in [5.41, 5.74) is 0.964. The van der Waals surface area contributed by atoms with Crippen LogP contribution in [-0.2, 0) is 6.54 Å². The molecule has 0 saturated heterocycles.